The third-order valence-electron chi connectivity index (χ3n) is 5.32. The third-order valence-corrected chi connectivity index (χ3v) is 5.98. The summed E-state index contributed by atoms with van der Waals surface area (Å²) in [7, 11) is 0. The van der Waals surface area contributed by atoms with Crippen molar-refractivity contribution in [2.45, 2.75) is 5.41 Å². The van der Waals surface area contributed by atoms with Crippen LogP contribution in [0.15, 0.2) is 102 Å². The first-order chi connectivity index (χ1) is 12.8. The molecule has 124 valence electrons. The van der Waals surface area contributed by atoms with E-state index in [0.717, 1.165) is 4.47 Å². The number of hydrogen-bond acceptors (Lipinski definition) is 1. The Labute approximate surface area is 161 Å². The first kappa shape index (κ1) is 15.5. The van der Waals surface area contributed by atoms with Gasteiger partial charge in [-0.2, -0.15) is 0 Å². The van der Waals surface area contributed by atoms with Crippen LogP contribution in [-0.4, -0.2) is 4.98 Å². The van der Waals surface area contributed by atoms with Crippen molar-refractivity contribution in [3.63, 3.8) is 0 Å². The second-order valence-corrected chi connectivity index (χ2v) is 7.42. The van der Waals surface area contributed by atoms with Crippen molar-refractivity contribution in [2.24, 2.45) is 0 Å². The van der Waals surface area contributed by atoms with Gasteiger partial charge in [-0.15, -0.1) is 0 Å². The average molecular weight is 398 g/mol. The topological polar surface area (TPSA) is 12.9 Å². The monoisotopic (exact) mass is 397 g/mol. The number of rotatable bonds is 2. The maximum Gasteiger partial charge on any atom is 0.0728 e. The van der Waals surface area contributed by atoms with Crippen LogP contribution < -0.4 is 0 Å². The van der Waals surface area contributed by atoms with Gasteiger partial charge in [-0.05, 0) is 39.9 Å². The van der Waals surface area contributed by atoms with Gasteiger partial charge in [0.1, 0.15) is 0 Å². The summed E-state index contributed by atoms with van der Waals surface area (Å²) in [6.45, 7) is 0. The van der Waals surface area contributed by atoms with Gasteiger partial charge in [-0.25, -0.2) is 0 Å². The second kappa shape index (κ2) is 5.93. The van der Waals surface area contributed by atoms with E-state index in [1.165, 1.54) is 33.4 Å². The molecule has 1 atom stereocenters. The van der Waals surface area contributed by atoms with Crippen molar-refractivity contribution in [3.8, 4) is 11.1 Å². The summed E-state index contributed by atoms with van der Waals surface area (Å²) < 4.78 is 1.13. The summed E-state index contributed by atoms with van der Waals surface area (Å²) in [6, 6.07) is 30.2. The lowest BCUT2D eigenvalue weighted by Crippen LogP contribution is -2.28. The number of pyridine rings is 1. The minimum absolute atomic E-state index is 0.356. The van der Waals surface area contributed by atoms with E-state index in [1.807, 2.05) is 18.5 Å². The molecule has 0 saturated carbocycles. The molecular formula is C24H16BrN. The standard InChI is InChI=1S/C24H16BrN/c25-22-14-6-13-21-23(22)19-11-4-5-12-20(19)24(21,17-8-2-1-3-9-17)18-10-7-15-26-16-18/h1-16H. The van der Waals surface area contributed by atoms with Gasteiger partial charge in [-0.1, -0.05) is 88.7 Å². The molecule has 0 amide bonds. The second-order valence-electron chi connectivity index (χ2n) is 6.57. The molecule has 0 bridgehead atoms. The molecule has 0 spiro atoms. The minimum atomic E-state index is -0.356. The van der Waals surface area contributed by atoms with E-state index in [1.54, 1.807) is 0 Å². The summed E-state index contributed by atoms with van der Waals surface area (Å²) in [5.74, 6) is 0. The van der Waals surface area contributed by atoms with Crippen LogP contribution in [0.3, 0.4) is 0 Å². The normalized spacial score (nSPS) is 17.6. The maximum absolute atomic E-state index is 4.46. The van der Waals surface area contributed by atoms with Gasteiger partial charge in [0, 0.05) is 22.4 Å². The maximum atomic E-state index is 4.46. The Balaban J connectivity index is 2.00. The third kappa shape index (κ3) is 1.99. The Morgan fingerprint density at radius 1 is 0.654 bits per heavy atom. The van der Waals surface area contributed by atoms with Gasteiger partial charge in [0.2, 0.25) is 0 Å². The Morgan fingerprint density at radius 3 is 2.19 bits per heavy atom. The van der Waals surface area contributed by atoms with Crippen molar-refractivity contribution in [1.29, 1.82) is 0 Å². The fraction of sp³-hybridized carbons (Fsp3) is 0.0417. The molecule has 3 aromatic carbocycles. The molecule has 1 unspecified atom stereocenters. The Hall–Kier alpha value is -2.71. The molecule has 1 heterocycles. The van der Waals surface area contributed by atoms with Crippen LogP contribution in [0.25, 0.3) is 11.1 Å². The molecule has 0 N–H and O–H groups in total. The Morgan fingerprint density at radius 2 is 1.38 bits per heavy atom. The summed E-state index contributed by atoms with van der Waals surface area (Å²) in [6.07, 6.45) is 3.84. The van der Waals surface area contributed by atoms with E-state index >= 15 is 0 Å². The summed E-state index contributed by atoms with van der Waals surface area (Å²) in [5.41, 5.74) is 7.25. The van der Waals surface area contributed by atoms with Gasteiger partial charge < -0.3 is 0 Å². The van der Waals surface area contributed by atoms with Crippen LogP contribution in [-0.2, 0) is 5.41 Å². The van der Waals surface area contributed by atoms with Crippen LogP contribution in [0.4, 0.5) is 0 Å². The van der Waals surface area contributed by atoms with Crippen LogP contribution in [0.2, 0.25) is 0 Å². The highest BCUT2D eigenvalue weighted by atomic mass is 79.9. The predicted octanol–water partition coefficient (Wildman–Crippen LogP) is 6.21. The summed E-state index contributed by atoms with van der Waals surface area (Å²) >= 11 is 3.80. The summed E-state index contributed by atoms with van der Waals surface area (Å²) in [5, 5.41) is 0. The zero-order chi connectivity index (χ0) is 17.6. The smallest absolute Gasteiger partial charge is 0.0728 e. The summed E-state index contributed by atoms with van der Waals surface area (Å²) in [4.78, 5) is 4.46. The first-order valence-electron chi connectivity index (χ1n) is 8.68. The van der Waals surface area contributed by atoms with Crippen molar-refractivity contribution < 1.29 is 0 Å². The van der Waals surface area contributed by atoms with Crippen molar-refractivity contribution in [1.82, 2.24) is 4.98 Å². The van der Waals surface area contributed by atoms with E-state index < -0.39 is 0 Å². The molecule has 0 radical (unpaired) electrons. The van der Waals surface area contributed by atoms with Gasteiger partial charge in [0.05, 0.1) is 5.41 Å². The van der Waals surface area contributed by atoms with Crippen LogP contribution in [0, 0.1) is 0 Å². The fourth-order valence-electron chi connectivity index (χ4n) is 4.34. The van der Waals surface area contributed by atoms with E-state index in [-0.39, 0.29) is 5.41 Å². The van der Waals surface area contributed by atoms with Crippen molar-refractivity contribution in [3.05, 3.63) is 124 Å². The number of aromatic nitrogens is 1. The highest BCUT2D eigenvalue weighted by molar-refractivity contribution is 9.10. The van der Waals surface area contributed by atoms with Crippen molar-refractivity contribution >= 4 is 15.9 Å². The quantitative estimate of drug-likeness (QED) is 0.345. The Kier molecular flexibility index (Phi) is 3.54. The van der Waals surface area contributed by atoms with E-state index in [0.29, 0.717) is 0 Å². The van der Waals surface area contributed by atoms with Gasteiger partial charge in [0.15, 0.2) is 0 Å². The molecule has 5 rings (SSSR count). The molecule has 1 aromatic heterocycles. The van der Waals surface area contributed by atoms with Crippen LogP contribution >= 0.6 is 15.9 Å². The number of fused-ring (bicyclic) bond motifs is 3. The molecule has 4 aromatic rings. The molecule has 1 nitrogen and oxygen atoms in total. The van der Waals surface area contributed by atoms with E-state index in [9.17, 15) is 0 Å². The van der Waals surface area contributed by atoms with E-state index in [4.69, 9.17) is 0 Å². The molecule has 1 aliphatic carbocycles. The van der Waals surface area contributed by atoms with Gasteiger partial charge in [-0.3, -0.25) is 4.98 Å². The number of nitrogens with zero attached hydrogens (tertiary/aromatic N) is 1. The Bertz CT molecular complexity index is 1050. The SMILES string of the molecule is Brc1cccc2c1-c1ccccc1C2(c1ccccc1)c1cccnc1. The lowest BCUT2D eigenvalue weighted by atomic mass is 9.68. The van der Waals surface area contributed by atoms with Gasteiger partial charge >= 0.3 is 0 Å². The molecule has 1 aliphatic rings. The highest BCUT2D eigenvalue weighted by Crippen LogP contribution is 2.57. The predicted molar refractivity (Wildman–Crippen MR) is 109 cm³/mol. The number of halogens is 1. The molecule has 2 heteroatoms. The minimum Gasteiger partial charge on any atom is -0.264 e. The van der Waals surface area contributed by atoms with Crippen LogP contribution in [0.5, 0.6) is 0 Å². The average Bonchev–Trinajstić information content (AvgIpc) is 3.02. The molecule has 0 aliphatic heterocycles. The molecule has 0 saturated heterocycles. The largest absolute Gasteiger partial charge is 0.264 e. The lowest BCUT2D eigenvalue weighted by Gasteiger charge is -2.33. The van der Waals surface area contributed by atoms with Gasteiger partial charge in [0.25, 0.3) is 0 Å². The number of benzene rings is 3. The zero-order valence-electron chi connectivity index (χ0n) is 14.1. The first-order valence-corrected chi connectivity index (χ1v) is 9.47. The lowest BCUT2D eigenvalue weighted by molar-refractivity contribution is 0.762. The molecule has 26 heavy (non-hydrogen) atoms. The van der Waals surface area contributed by atoms with Crippen molar-refractivity contribution in [2.75, 3.05) is 0 Å². The molecular weight excluding hydrogens is 382 g/mol. The van der Waals surface area contributed by atoms with E-state index in [2.05, 4.69) is 99.8 Å². The molecule has 0 fully saturated rings. The fourth-order valence-corrected chi connectivity index (χ4v) is 4.92. The number of hydrogen-bond donors (Lipinski definition) is 0. The highest BCUT2D eigenvalue weighted by Gasteiger charge is 2.46. The zero-order valence-corrected chi connectivity index (χ0v) is 15.6. The van der Waals surface area contributed by atoms with Crippen LogP contribution in [0.1, 0.15) is 22.3 Å².